The fraction of sp³-hybridized carbons (Fsp3) is 0.333. The Hall–Kier alpha value is -4.14. The molecule has 1 amide bonds. The van der Waals surface area contributed by atoms with Crippen molar-refractivity contribution in [1.29, 1.82) is 0 Å². The van der Waals surface area contributed by atoms with Crippen LogP contribution in [0.5, 0.6) is 0 Å². The van der Waals surface area contributed by atoms with Crippen molar-refractivity contribution in [2.75, 3.05) is 41.7 Å². The Morgan fingerprint density at radius 2 is 1.78 bits per heavy atom. The highest BCUT2D eigenvalue weighted by atomic mass is 16.2. The first kappa shape index (κ1) is 22.3. The third-order valence-corrected chi connectivity index (χ3v) is 6.86. The molecular formula is C27H30N8O. The number of aromatic amines is 1. The Morgan fingerprint density at radius 3 is 2.47 bits per heavy atom. The predicted octanol–water partition coefficient (Wildman–Crippen LogP) is 4.40. The highest BCUT2D eigenvalue weighted by Crippen LogP contribution is 2.35. The minimum atomic E-state index is 0.233. The summed E-state index contributed by atoms with van der Waals surface area (Å²) in [4.78, 5) is 33.3. The molecule has 0 spiro atoms. The van der Waals surface area contributed by atoms with Crippen LogP contribution < -0.4 is 15.5 Å². The van der Waals surface area contributed by atoms with E-state index in [2.05, 4.69) is 49.8 Å². The minimum absolute atomic E-state index is 0.233. The molecule has 1 saturated heterocycles. The predicted molar refractivity (Wildman–Crippen MR) is 143 cm³/mol. The van der Waals surface area contributed by atoms with Crippen LogP contribution in [0.4, 0.5) is 23.1 Å². The number of rotatable bonds is 7. The number of benzene rings is 1. The van der Waals surface area contributed by atoms with Crippen LogP contribution in [0.1, 0.15) is 26.2 Å². The number of pyridine rings is 1. The average molecular weight is 483 g/mol. The molecule has 0 unspecified atom stereocenters. The van der Waals surface area contributed by atoms with Crippen LogP contribution in [-0.2, 0) is 4.79 Å². The summed E-state index contributed by atoms with van der Waals surface area (Å²) in [6.07, 6.45) is 8.47. The molecule has 0 bridgehead atoms. The van der Waals surface area contributed by atoms with Crippen LogP contribution in [0.3, 0.4) is 0 Å². The van der Waals surface area contributed by atoms with Crippen LogP contribution >= 0.6 is 0 Å². The number of nitrogens with zero attached hydrogens (tertiary/aromatic N) is 5. The monoisotopic (exact) mass is 482 g/mol. The lowest BCUT2D eigenvalue weighted by Crippen LogP contribution is -2.48. The van der Waals surface area contributed by atoms with Gasteiger partial charge in [0.2, 0.25) is 11.9 Å². The zero-order valence-electron chi connectivity index (χ0n) is 20.4. The highest BCUT2D eigenvalue weighted by Gasteiger charge is 2.25. The van der Waals surface area contributed by atoms with E-state index >= 15 is 0 Å². The molecular weight excluding hydrogens is 452 g/mol. The van der Waals surface area contributed by atoms with Crippen LogP contribution in [0.15, 0.2) is 55.0 Å². The van der Waals surface area contributed by atoms with Gasteiger partial charge in [0.25, 0.3) is 0 Å². The van der Waals surface area contributed by atoms with Crippen molar-refractivity contribution in [3.05, 3.63) is 55.0 Å². The molecule has 9 heteroatoms. The van der Waals surface area contributed by atoms with E-state index in [4.69, 9.17) is 9.97 Å². The van der Waals surface area contributed by atoms with Crippen LogP contribution in [0.25, 0.3) is 22.2 Å². The van der Waals surface area contributed by atoms with E-state index in [9.17, 15) is 4.79 Å². The summed E-state index contributed by atoms with van der Waals surface area (Å²) in [6, 6.07) is 12.8. The number of nitrogens with one attached hydrogen (secondary N) is 3. The smallest absolute Gasteiger partial charge is 0.231 e. The van der Waals surface area contributed by atoms with E-state index in [1.54, 1.807) is 12.4 Å². The molecule has 1 saturated carbocycles. The molecule has 0 radical (unpaired) electrons. The first-order valence-corrected chi connectivity index (χ1v) is 12.6. The van der Waals surface area contributed by atoms with Crippen LogP contribution in [-0.4, -0.2) is 63.0 Å². The summed E-state index contributed by atoms with van der Waals surface area (Å²) in [7, 11) is 0. The number of anilines is 4. The van der Waals surface area contributed by atoms with Gasteiger partial charge in [0.05, 0.1) is 5.39 Å². The average Bonchev–Trinajstić information content (AvgIpc) is 3.64. The summed E-state index contributed by atoms with van der Waals surface area (Å²) in [5, 5.41) is 7.96. The van der Waals surface area contributed by atoms with Crippen molar-refractivity contribution in [2.24, 2.45) is 0 Å². The van der Waals surface area contributed by atoms with Gasteiger partial charge in [-0.1, -0.05) is 6.92 Å². The molecule has 4 heterocycles. The summed E-state index contributed by atoms with van der Waals surface area (Å²) in [5.41, 5.74) is 5.01. The van der Waals surface area contributed by atoms with Gasteiger partial charge in [-0.2, -0.15) is 9.97 Å². The van der Waals surface area contributed by atoms with E-state index in [0.717, 1.165) is 78.4 Å². The van der Waals surface area contributed by atoms with Crippen LogP contribution in [0.2, 0.25) is 0 Å². The Labute approximate surface area is 210 Å². The zero-order valence-corrected chi connectivity index (χ0v) is 20.4. The van der Waals surface area contributed by atoms with E-state index < -0.39 is 0 Å². The summed E-state index contributed by atoms with van der Waals surface area (Å²) < 4.78 is 0. The Balaban J connectivity index is 1.21. The molecule has 6 rings (SSSR count). The van der Waals surface area contributed by atoms with Gasteiger partial charge in [-0.15, -0.1) is 0 Å². The van der Waals surface area contributed by atoms with Gasteiger partial charge in [-0.3, -0.25) is 9.78 Å². The van der Waals surface area contributed by atoms with Gasteiger partial charge in [0.1, 0.15) is 11.5 Å². The summed E-state index contributed by atoms with van der Waals surface area (Å²) in [5.74, 6) is 1.62. The lowest BCUT2D eigenvalue weighted by molar-refractivity contribution is -0.131. The Kier molecular flexibility index (Phi) is 5.88. The number of aromatic nitrogens is 4. The molecule has 184 valence electrons. The second kappa shape index (κ2) is 9.49. The second-order valence-corrected chi connectivity index (χ2v) is 9.37. The Bertz CT molecular complexity index is 1360. The molecule has 3 aromatic heterocycles. The molecule has 2 aliphatic rings. The van der Waals surface area contributed by atoms with Crippen molar-refractivity contribution >= 4 is 40.1 Å². The maximum atomic E-state index is 11.9. The number of hydrogen-bond acceptors (Lipinski definition) is 7. The zero-order chi connectivity index (χ0) is 24.5. The fourth-order valence-electron chi connectivity index (χ4n) is 4.70. The van der Waals surface area contributed by atoms with Gasteiger partial charge in [0.15, 0.2) is 0 Å². The third-order valence-electron chi connectivity index (χ3n) is 6.86. The number of fused-ring (bicyclic) bond motifs is 1. The maximum absolute atomic E-state index is 11.9. The van der Waals surface area contributed by atoms with E-state index in [-0.39, 0.29) is 5.91 Å². The molecule has 9 nitrogen and oxygen atoms in total. The molecule has 4 aromatic rings. The molecule has 1 aliphatic carbocycles. The lowest BCUT2D eigenvalue weighted by atomic mass is 10.1. The van der Waals surface area contributed by atoms with Crippen molar-refractivity contribution in [2.45, 2.75) is 32.2 Å². The van der Waals surface area contributed by atoms with Crippen molar-refractivity contribution in [3.63, 3.8) is 0 Å². The van der Waals surface area contributed by atoms with Crippen molar-refractivity contribution in [1.82, 2.24) is 24.8 Å². The first-order chi connectivity index (χ1) is 17.7. The summed E-state index contributed by atoms with van der Waals surface area (Å²) in [6.45, 7) is 5.16. The van der Waals surface area contributed by atoms with Gasteiger partial charge < -0.3 is 25.4 Å². The topological polar surface area (TPSA) is 102 Å². The lowest BCUT2D eigenvalue weighted by Gasteiger charge is -2.36. The van der Waals surface area contributed by atoms with E-state index in [1.807, 2.05) is 30.2 Å². The molecule has 1 aliphatic heterocycles. The van der Waals surface area contributed by atoms with E-state index in [1.165, 1.54) is 0 Å². The SMILES string of the molecule is CCC(=O)N1CCN(c2ccc(Nc3nc(NC4CC4)c4c(-c5ccncc5)c[nH]c4n3)cc2)CC1. The van der Waals surface area contributed by atoms with E-state index in [0.29, 0.717) is 18.4 Å². The van der Waals surface area contributed by atoms with Gasteiger partial charge in [-0.05, 0) is 54.8 Å². The van der Waals surface area contributed by atoms with Crippen molar-refractivity contribution < 1.29 is 4.79 Å². The number of amides is 1. The Morgan fingerprint density at radius 1 is 1.03 bits per heavy atom. The third kappa shape index (κ3) is 4.56. The fourth-order valence-corrected chi connectivity index (χ4v) is 4.70. The first-order valence-electron chi connectivity index (χ1n) is 12.6. The van der Waals surface area contributed by atoms with Crippen LogP contribution in [0, 0.1) is 0 Å². The second-order valence-electron chi connectivity index (χ2n) is 9.37. The van der Waals surface area contributed by atoms with Gasteiger partial charge in [0, 0.05) is 74.2 Å². The number of carbonyl (C=O) groups is 1. The summed E-state index contributed by atoms with van der Waals surface area (Å²) >= 11 is 0. The minimum Gasteiger partial charge on any atom is -0.368 e. The molecule has 0 atom stereocenters. The number of carbonyl (C=O) groups excluding carboxylic acids is 1. The number of hydrogen-bond donors (Lipinski definition) is 3. The standard InChI is InChI=1S/C27H30N8O/c1-2-23(36)35-15-13-34(14-16-35)21-7-5-20(6-8-21)31-27-32-25-24(26(33-27)30-19-3-4-19)22(17-29-25)18-9-11-28-12-10-18/h5-12,17,19H,2-4,13-16H2,1H3,(H3,29,30,31,32,33). The number of piperazine rings is 1. The van der Waals surface area contributed by atoms with Gasteiger partial charge >= 0.3 is 0 Å². The maximum Gasteiger partial charge on any atom is 0.231 e. The molecule has 36 heavy (non-hydrogen) atoms. The number of H-pyrrole nitrogens is 1. The normalized spacial score (nSPS) is 15.8. The highest BCUT2D eigenvalue weighted by molar-refractivity contribution is 6.01. The van der Waals surface area contributed by atoms with Crippen molar-refractivity contribution in [3.8, 4) is 11.1 Å². The quantitative estimate of drug-likeness (QED) is 0.359. The van der Waals surface area contributed by atoms with Gasteiger partial charge in [-0.25, -0.2) is 0 Å². The molecule has 1 aromatic carbocycles. The molecule has 3 N–H and O–H groups in total. The molecule has 2 fully saturated rings. The largest absolute Gasteiger partial charge is 0.368 e.